The van der Waals surface area contributed by atoms with E-state index in [0.29, 0.717) is 6.54 Å². The Morgan fingerprint density at radius 1 is 1.32 bits per heavy atom. The van der Waals surface area contributed by atoms with Gasteiger partial charge >= 0.3 is 0 Å². The van der Waals surface area contributed by atoms with Crippen molar-refractivity contribution >= 4 is 33.3 Å². The third-order valence-electron chi connectivity index (χ3n) is 3.30. The van der Waals surface area contributed by atoms with E-state index in [-0.39, 0.29) is 5.56 Å². The molecule has 2 heterocycles. The number of unbranched alkanes of at least 4 members (excludes halogenated alkanes) is 1. The maximum Gasteiger partial charge on any atom is 0.263 e. The van der Waals surface area contributed by atoms with Gasteiger partial charge in [0.05, 0.1) is 5.39 Å². The summed E-state index contributed by atoms with van der Waals surface area (Å²) in [6.07, 6.45) is 2.33. The van der Waals surface area contributed by atoms with E-state index in [9.17, 15) is 4.79 Å². The fraction of sp³-hybridized carbons (Fsp3) is 0.571. The molecule has 2 rings (SSSR count). The second-order valence-corrected chi connectivity index (χ2v) is 6.87. The lowest BCUT2D eigenvalue weighted by atomic mass is 10.2. The van der Waals surface area contributed by atoms with Crippen LogP contribution in [0.15, 0.2) is 9.95 Å². The van der Waals surface area contributed by atoms with Gasteiger partial charge in [-0.3, -0.25) is 9.36 Å². The molecule has 0 saturated carbocycles. The SMILES string of the molecule is CCCCSc1nc2sc(C)c(C)c2c(=O)n1CC. The highest BCUT2D eigenvalue weighted by molar-refractivity contribution is 7.99. The number of thioether (sulfide) groups is 1. The van der Waals surface area contributed by atoms with E-state index < -0.39 is 0 Å². The minimum atomic E-state index is 0.119. The zero-order valence-corrected chi connectivity index (χ0v) is 13.6. The number of thiophene rings is 1. The molecular formula is C14H20N2OS2. The van der Waals surface area contributed by atoms with Gasteiger partial charge in [-0.05, 0) is 32.8 Å². The molecule has 104 valence electrons. The van der Waals surface area contributed by atoms with Gasteiger partial charge in [-0.2, -0.15) is 0 Å². The Balaban J connectivity index is 2.55. The van der Waals surface area contributed by atoms with E-state index >= 15 is 0 Å². The van der Waals surface area contributed by atoms with Crippen LogP contribution in [0.2, 0.25) is 0 Å². The van der Waals surface area contributed by atoms with Gasteiger partial charge in [0.2, 0.25) is 0 Å². The summed E-state index contributed by atoms with van der Waals surface area (Å²) in [5, 5.41) is 1.68. The smallest absolute Gasteiger partial charge is 0.263 e. The van der Waals surface area contributed by atoms with Crippen molar-refractivity contribution in [3.8, 4) is 0 Å². The van der Waals surface area contributed by atoms with Crippen LogP contribution in [-0.2, 0) is 6.54 Å². The predicted octanol–water partition coefficient (Wildman–Crippen LogP) is 3.99. The Morgan fingerprint density at radius 2 is 2.05 bits per heavy atom. The molecular weight excluding hydrogens is 276 g/mol. The highest BCUT2D eigenvalue weighted by atomic mass is 32.2. The summed E-state index contributed by atoms with van der Waals surface area (Å²) in [6.45, 7) is 8.94. The van der Waals surface area contributed by atoms with Gasteiger partial charge in [0.1, 0.15) is 4.83 Å². The summed E-state index contributed by atoms with van der Waals surface area (Å²) in [4.78, 5) is 19.4. The lowest BCUT2D eigenvalue weighted by molar-refractivity contribution is 0.635. The largest absolute Gasteiger partial charge is 0.287 e. The lowest BCUT2D eigenvalue weighted by Crippen LogP contribution is -2.22. The molecule has 0 aliphatic rings. The Labute approximate surface area is 122 Å². The van der Waals surface area contributed by atoms with Crippen molar-refractivity contribution in [3.05, 3.63) is 20.8 Å². The summed E-state index contributed by atoms with van der Waals surface area (Å²) in [7, 11) is 0. The lowest BCUT2D eigenvalue weighted by Gasteiger charge is -2.09. The molecule has 0 aliphatic heterocycles. The van der Waals surface area contributed by atoms with E-state index in [2.05, 4.69) is 13.8 Å². The van der Waals surface area contributed by atoms with Gasteiger partial charge in [-0.15, -0.1) is 11.3 Å². The summed E-state index contributed by atoms with van der Waals surface area (Å²) in [5.74, 6) is 1.03. The van der Waals surface area contributed by atoms with Gasteiger partial charge in [-0.1, -0.05) is 25.1 Å². The average Bonchev–Trinajstić information content (AvgIpc) is 2.66. The Kier molecular flexibility index (Phi) is 4.68. The first kappa shape index (κ1) is 14.6. The van der Waals surface area contributed by atoms with Crippen molar-refractivity contribution in [2.45, 2.75) is 52.2 Å². The third kappa shape index (κ3) is 2.72. The maximum absolute atomic E-state index is 12.6. The van der Waals surface area contributed by atoms with Crippen LogP contribution in [0.1, 0.15) is 37.1 Å². The number of hydrogen-bond donors (Lipinski definition) is 0. The van der Waals surface area contributed by atoms with Crippen LogP contribution in [0, 0.1) is 13.8 Å². The number of fused-ring (bicyclic) bond motifs is 1. The molecule has 3 nitrogen and oxygen atoms in total. The Hall–Kier alpha value is -0.810. The molecule has 2 aromatic heterocycles. The summed E-state index contributed by atoms with van der Waals surface area (Å²) in [6, 6.07) is 0. The van der Waals surface area contributed by atoms with Gasteiger partial charge in [0, 0.05) is 17.2 Å². The summed E-state index contributed by atoms with van der Waals surface area (Å²) >= 11 is 3.33. The topological polar surface area (TPSA) is 34.9 Å². The first-order chi connectivity index (χ1) is 9.10. The average molecular weight is 296 g/mol. The number of rotatable bonds is 5. The van der Waals surface area contributed by atoms with E-state index in [1.54, 1.807) is 23.1 Å². The molecule has 2 aromatic rings. The van der Waals surface area contributed by atoms with Crippen molar-refractivity contribution < 1.29 is 0 Å². The van der Waals surface area contributed by atoms with Crippen LogP contribution < -0.4 is 5.56 Å². The van der Waals surface area contributed by atoms with Crippen LogP contribution in [0.4, 0.5) is 0 Å². The van der Waals surface area contributed by atoms with Crippen molar-refractivity contribution in [1.29, 1.82) is 0 Å². The molecule has 0 fully saturated rings. The summed E-state index contributed by atoms with van der Waals surface area (Å²) in [5.41, 5.74) is 1.21. The molecule has 0 amide bonds. The normalized spacial score (nSPS) is 11.4. The fourth-order valence-electron chi connectivity index (χ4n) is 2.01. The van der Waals surface area contributed by atoms with E-state index in [1.807, 2.05) is 18.4 Å². The number of aryl methyl sites for hydroxylation is 2. The molecule has 0 radical (unpaired) electrons. The minimum absolute atomic E-state index is 0.119. The molecule has 0 aliphatic carbocycles. The van der Waals surface area contributed by atoms with E-state index in [0.717, 1.165) is 33.1 Å². The van der Waals surface area contributed by atoms with Gasteiger partial charge in [0.25, 0.3) is 5.56 Å². The maximum atomic E-state index is 12.6. The van der Waals surface area contributed by atoms with Crippen LogP contribution in [0.5, 0.6) is 0 Å². The van der Waals surface area contributed by atoms with Gasteiger partial charge < -0.3 is 0 Å². The molecule has 0 atom stereocenters. The first-order valence-corrected chi connectivity index (χ1v) is 8.53. The standard InChI is InChI=1S/C14H20N2OS2/c1-5-7-8-18-14-15-12-11(9(3)10(4)19-12)13(17)16(14)6-2/h5-8H2,1-4H3. The van der Waals surface area contributed by atoms with E-state index in [1.165, 1.54) is 11.3 Å². The number of hydrogen-bond acceptors (Lipinski definition) is 4. The molecule has 0 aromatic carbocycles. The van der Waals surface area contributed by atoms with Crippen LogP contribution >= 0.6 is 23.1 Å². The Bertz CT molecular complexity index is 643. The van der Waals surface area contributed by atoms with Crippen LogP contribution in [-0.4, -0.2) is 15.3 Å². The molecule has 19 heavy (non-hydrogen) atoms. The zero-order chi connectivity index (χ0) is 14.0. The molecule has 0 spiro atoms. The highest BCUT2D eigenvalue weighted by Crippen LogP contribution is 2.28. The second-order valence-electron chi connectivity index (χ2n) is 4.61. The molecule has 0 N–H and O–H groups in total. The van der Waals surface area contributed by atoms with Gasteiger partial charge in [0.15, 0.2) is 5.16 Å². The number of nitrogens with zero attached hydrogens (tertiary/aromatic N) is 2. The second kappa shape index (κ2) is 6.09. The highest BCUT2D eigenvalue weighted by Gasteiger charge is 2.15. The van der Waals surface area contributed by atoms with Crippen molar-refractivity contribution in [1.82, 2.24) is 9.55 Å². The molecule has 0 bridgehead atoms. The van der Waals surface area contributed by atoms with Crippen molar-refractivity contribution in [2.24, 2.45) is 0 Å². The van der Waals surface area contributed by atoms with E-state index in [4.69, 9.17) is 4.98 Å². The minimum Gasteiger partial charge on any atom is -0.287 e. The van der Waals surface area contributed by atoms with Crippen molar-refractivity contribution in [3.63, 3.8) is 0 Å². The monoisotopic (exact) mass is 296 g/mol. The van der Waals surface area contributed by atoms with Crippen LogP contribution in [0.25, 0.3) is 10.2 Å². The predicted molar refractivity (Wildman–Crippen MR) is 84.7 cm³/mol. The zero-order valence-electron chi connectivity index (χ0n) is 11.9. The molecule has 5 heteroatoms. The summed E-state index contributed by atoms with van der Waals surface area (Å²) < 4.78 is 1.81. The first-order valence-electron chi connectivity index (χ1n) is 6.73. The van der Waals surface area contributed by atoms with Gasteiger partial charge in [-0.25, -0.2) is 4.98 Å². The molecule has 0 saturated heterocycles. The van der Waals surface area contributed by atoms with Crippen LogP contribution in [0.3, 0.4) is 0 Å². The van der Waals surface area contributed by atoms with Crippen molar-refractivity contribution in [2.75, 3.05) is 5.75 Å². The number of aromatic nitrogens is 2. The molecule has 0 unspecified atom stereocenters. The quantitative estimate of drug-likeness (QED) is 0.475. The third-order valence-corrected chi connectivity index (χ3v) is 5.46. The Morgan fingerprint density at radius 3 is 2.68 bits per heavy atom. The fourth-order valence-corrected chi connectivity index (χ4v) is 4.22.